The molecule has 0 unspecified atom stereocenters. The predicted octanol–water partition coefficient (Wildman–Crippen LogP) is 2.31. The molecule has 1 aliphatic rings. The van der Waals surface area contributed by atoms with Gasteiger partial charge in [0.05, 0.1) is 11.2 Å². The number of fused-ring (bicyclic) bond motifs is 1. The van der Waals surface area contributed by atoms with E-state index in [1.807, 2.05) is 44.3 Å². The van der Waals surface area contributed by atoms with Crippen molar-refractivity contribution in [3.63, 3.8) is 0 Å². The first-order valence-electron chi connectivity index (χ1n) is 9.39. The Morgan fingerprint density at radius 2 is 1.89 bits per heavy atom. The van der Waals surface area contributed by atoms with Crippen molar-refractivity contribution in [2.75, 3.05) is 13.1 Å². The average Bonchev–Trinajstić information content (AvgIpc) is 2.66. The fraction of sp³-hybridized carbons (Fsp3) is 0.381. The molecule has 3 heterocycles. The second-order valence-electron chi connectivity index (χ2n) is 7.40. The highest BCUT2D eigenvalue weighted by Crippen LogP contribution is 2.26. The molecule has 6 heteroatoms. The maximum atomic E-state index is 12.7. The minimum absolute atomic E-state index is 0.0720. The first-order valence-corrected chi connectivity index (χ1v) is 9.39. The Morgan fingerprint density at radius 3 is 2.63 bits per heavy atom. The van der Waals surface area contributed by atoms with Crippen molar-refractivity contribution in [2.45, 2.75) is 32.2 Å². The third-order valence-electron chi connectivity index (χ3n) is 5.49. The number of pyridine rings is 1. The Balaban J connectivity index is 1.50. The summed E-state index contributed by atoms with van der Waals surface area (Å²) in [6.45, 7) is 4.27. The summed E-state index contributed by atoms with van der Waals surface area (Å²) in [4.78, 5) is 33.9. The molecule has 1 N–H and O–H groups in total. The molecule has 3 aromatic rings. The number of piperidine rings is 1. The molecule has 2 aromatic heterocycles. The molecule has 6 nitrogen and oxygen atoms in total. The number of aromatic nitrogens is 3. The van der Waals surface area contributed by atoms with Gasteiger partial charge in [-0.05, 0) is 50.4 Å². The van der Waals surface area contributed by atoms with Gasteiger partial charge in [-0.2, -0.15) is 0 Å². The van der Waals surface area contributed by atoms with E-state index in [1.165, 1.54) is 0 Å². The van der Waals surface area contributed by atoms with E-state index in [1.54, 1.807) is 10.6 Å². The molecular formula is C21H24N4O2. The smallest absolute Gasteiger partial charge is 0.255 e. The lowest BCUT2D eigenvalue weighted by Crippen LogP contribution is -2.35. The van der Waals surface area contributed by atoms with Crippen molar-refractivity contribution in [2.24, 2.45) is 7.05 Å². The standard InChI is InChI=1S/C21H24N4O2/c1-14-22-18(12-20(26)23-14)15-7-9-25(10-8-15)13-17-11-16-5-3-4-6-19(16)24(2)21(17)27/h3-6,11-12,15H,7-10,13H2,1-2H3,(H,22,23,26). The normalized spacial score (nSPS) is 16.1. The number of aromatic amines is 1. The molecule has 140 valence electrons. The van der Waals surface area contributed by atoms with Crippen molar-refractivity contribution in [3.05, 3.63) is 74.2 Å². The second-order valence-corrected chi connectivity index (χ2v) is 7.40. The van der Waals surface area contributed by atoms with Crippen LogP contribution in [0.5, 0.6) is 0 Å². The molecule has 4 rings (SSSR count). The van der Waals surface area contributed by atoms with Crippen LogP contribution in [0.3, 0.4) is 0 Å². The van der Waals surface area contributed by atoms with Crippen molar-refractivity contribution in [3.8, 4) is 0 Å². The zero-order valence-corrected chi connectivity index (χ0v) is 15.7. The molecule has 0 aliphatic carbocycles. The number of benzene rings is 1. The Labute approximate surface area is 157 Å². The number of nitrogens with zero attached hydrogens (tertiary/aromatic N) is 3. The monoisotopic (exact) mass is 364 g/mol. The number of nitrogens with one attached hydrogen (secondary N) is 1. The van der Waals surface area contributed by atoms with Crippen molar-refractivity contribution < 1.29 is 0 Å². The molecule has 1 aliphatic heterocycles. The summed E-state index contributed by atoms with van der Waals surface area (Å²) in [6, 6.07) is 11.6. The van der Waals surface area contributed by atoms with Gasteiger partial charge >= 0.3 is 0 Å². The predicted molar refractivity (Wildman–Crippen MR) is 106 cm³/mol. The maximum Gasteiger partial charge on any atom is 0.255 e. The third kappa shape index (κ3) is 3.57. The fourth-order valence-corrected chi connectivity index (χ4v) is 4.04. The highest BCUT2D eigenvalue weighted by molar-refractivity contribution is 5.79. The van der Waals surface area contributed by atoms with Crippen LogP contribution in [0.15, 0.2) is 46.0 Å². The van der Waals surface area contributed by atoms with E-state index >= 15 is 0 Å². The zero-order valence-electron chi connectivity index (χ0n) is 15.7. The Morgan fingerprint density at radius 1 is 1.15 bits per heavy atom. The number of H-pyrrole nitrogens is 1. The number of aryl methyl sites for hydroxylation is 2. The van der Waals surface area contributed by atoms with Crippen molar-refractivity contribution >= 4 is 10.9 Å². The molecule has 1 fully saturated rings. The van der Waals surface area contributed by atoms with E-state index in [4.69, 9.17) is 0 Å². The summed E-state index contributed by atoms with van der Waals surface area (Å²) in [5.74, 6) is 0.973. The largest absolute Gasteiger partial charge is 0.311 e. The molecule has 27 heavy (non-hydrogen) atoms. The van der Waals surface area contributed by atoms with Crippen LogP contribution in [0.4, 0.5) is 0 Å². The maximum absolute atomic E-state index is 12.7. The molecule has 0 atom stereocenters. The molecule has 1 saturated heterocycles. The summed E-state index contributed by atoms with van der Waals surface area (Å²) < 4.78 is 1.74. The van der Waals surface area contributed by atoms with Gasteiger partial charge in [-0.15, -0.1) is 0 Å². The first-order chi connectivity index (χ1) is 13.0. The summed E-state index contributed by atoms with van der Waals surface area (Å²) in [7, 11) is 1.83. The van der Waals surface area contributed by atoms with Crippen LogP contribution in [0, 0.1) is 6.92 Å². The molecule has 0 spiro atoms. The van der Waals surface area contributed by atoms with Crippen LogP contribution >= 0.6 is 0 Å². The van der Waals surface area contributed by atoms with E-state index in [-0.39, 0.29) is 11.1 Å². The number of rotatable bonds is 3. The van der Waals surface area contributed by atoms with Gasteiger partial charge in [-0.3, -0.25) is 14.5 Å². The quantitative estimate of drug-likeness (QED) is 0.774. The number of hydrogen-bond acceptors (Lipinski definition) is 4. The summed E-state index contributed by atoms with van der Waals surface area (Å²) >= 11 is 0. The average molecular weight is 364 g/mol. The summed E-state index contributed by atoms with van der Waals surface area (Å²) in [5, 5.41) is 1.09. The minimum atomic E-state index is -0.0837. The van der Waals surface area contributed by atoms with Crippen molar-refractivity contribution in [1.29, 1.82) is 0 Å². The van der Waals surface area contributed by atoms with E-state index < -0.39 is 0 Å². The van der Waals surface area contributed by atoms with Crippen LogP contribution in [-0.4, -0.2) is 32.5 Å². The Hall–Kier alpha value is -2.73. The molecule has 0 amide bonds. The molecule has 0 radical (unpaired) electrons. The van der Waals surface area contributed by atoms with Gasteiger partial charge in [0.1, 0.15) is 5.82 Å². The van der Waals surface area contributed by atoms with Gasteiger partial charge in [-0.1, -0.05) is 18.2 Å². The van der Waals surface area contributed by atoms with E-state index in [2.05, 4.69) is 14.9 Å². The van der Waals surface area contributed by atoms with Gasteiger partial charge < -0.3 is 9.55 Å². The lowest BCUT2D eigenvalue weighted by molar-refractivity contribution is 0.202. The van der Waals surface area contributed by atoms with Gasteiger partial charge in [-0.25, -0.2) is 4.98 Å². The number of hydrogen-bond donors (Lipinski definition) is 1. The molecular weight excluding hydrogens is 340 g/mol. The van der Waals surface area contributed by atoms with Crippen LogP contribution in [-0.2, 0) is 13.6 Å². The highest BCUT2D eigenvalue weighted by Gasteiger charge is 2.23. The second kappa shape index (κ2) is 7.12. The third-order valence-corrected chi connectivity index (χ3v) is 5.49. The van der Waals surface area contributed by atoms with Gasteiger partial charge in [0.15, 0.2) is 0 Å². The van der Waals surface area contributed by atoms with Crippen LogP contribution in [0.2, 0.25) is 0 Å². The molecule has 0 bridgehead atoms. The van der Waals surface area contributed by atoms with Gasteiger partial charge in [0, 0.05) is 31.1 Å². The Kier molecular flexibility index (Phi) is 4.66. The molecule has 0 saturated carbocycles. The number of likely N-dealkylation sites (tertiary alicyclic amines) is 1. The van der Waals surface area contributed by atoms with Crippen molar-refractivity contribution in [1.82, 2.24) is 19.4 Å². The molecule has 1 aromatic carbocycles. The zero-order chi connectivity index (χ0) is 19.0. The lowest BCUT2D eigenvalue weighted by atomic mass is 9.93. The van der Waals surface area contributed by atoms with E-state index in [0.29, 0.717) is 18.3 Å². The van der Waals surface area contributed by atoms with E-state index in [9.17, 15) is 9.59 Å². The van der Waals surface area contributed by atoms with Crippen LogP contribution < -0.4 is 11.1 Å². The summed E-state index contributed by atoms with van der Waals surface area (Å²) in [6.07, 6.45) is 1.90. The topological polar surface area (TPSA) is 71.0 Å². The first kappa shape index (κ1) is 17.7. The Bertz CT molecular complexity index is 1090. The number of para-hydroxylation sites is 1. The summed E-state index contributed by atoms with van der Waals surface area (Å²) in [5.41, 5.74) is 2.67. The van der Waals surface area contributed by atoms with E-state index in [0.717, 1.165) is 48.1 Å². The fourth-order valence-electron chi connectivity index (χ4n) is 4.04. The van der Waals surface area contributed by atoms with Crippen LogP contribution in [0.1, 0.15) is 35.8 Å². The SMILES string of the molecule is Cc1nc(C2CCN(Cc3cc4ccccc4n(C)c3=O)CC2)cc(=O)[nH]1. The minimum Gasteiger partial charge on any atom is -0.311 e. The van der Waals surface area contributed by atoms with Crippen LogP contribution in [0.25, 0.3) is 10.9 Å². The highest BCUT2D eigenvalue weighted by atomic mass is 16.1. The lowest BCUT2D eigenvalue weighted by Gasteiger charge is -2.31. The van der Waals surface area contributed by atoms with Gasteiger partial charge in [0.25, 0.3) is 11.1 Å². The van der Waals surface area contributed by atoms with Gasteiger partial charge in [0.2, 0.25) is 0 Å².